The summed E-state index contributed by atoms with van der Waals surface area (Å²) in [6.07, 6.45) is 0. The molecule has 9 aromatic rings. The number of aryl methyl sites for hydroxylation is 3. The van der Waals surface area contributed by atoms with Gasteiger partial charge in [0.15, 0.2) is 0 Å². The number of hydrogen-bond acceptors (Lipinski definition) is 0. The number of para-hydroxylation sites is 1. The second-order valence-corrected chi connectivity index (χ2v) is 14.6. The third-order valence-electron chi connectivity index (χ3n) is 11.8. The largest absolute Gasteiger partial charge is 0.343 e. The molecule has 8 aromatic carbocycles. The zero-order valence-electron chi connectivity index (χ0n) is 29.0. The van der Waals surface area contributed by atoms with Crippen molar-refractivity contribution in [3.8, 4) is 44.6 Å². The van der Waals surface area contributed by atoms with Crippen molar-refractivity contribution in [1.29, 1.82) is 0 Å². The maximum atomic E-state index is 2.43. The maximum Gasteiger partial charge on any atom is 0.0747 e. The number of aromatic nitrogens is 1. The molecule has 0 N–H and O–H groups in total. The van der Waals surface area contributed by atoms with Crippen LogP contribution >= 0.6 is 0 Å². The summed E-state index contributed by atoms with van der Waals surface area (Å²) in [6.45, 7) is 4.41. The molecule has 1 aromatic heterocycles. The predicted octanol–water partition coefficient (Wildman–Crippen LogP) is 12.8. The van der Waals surface area contributed by atoms with Crippen molar-refractivity contribution in [1.82, 2.24) is 4.57 Å². The van der Waals surface area contributed by atoms with Crippen molar-refractivity contribution in [3.05, 3.63) is 191 Å². The van der Waals surface area contributed by atoms with Crippen LogP contribution in [0.25, 0.3) is 77.1 Å². The monoisotopic (exact) mass is 649 g/mol. The summed E-state index contributed by atoms with van der Waals surface area (Å²) in [5, 5.41) is 6.48. The lowest BCUT2D eigenvalue weighted by Gasteiger charge is -2.30. The zero-order chi connectivity index (χ0) is 34.0. The average molecular weight is 650 g/mol. The quantitative estimate of drug-likeness (QED) is 0.164. The SMILES string of the molecule is Cc1cc(C)cc(-c2c3ccccc3c(-c3cccc4c3-c3ccccc3C43c4ccccc4-c4c3c3ccccc3n4C)c3ccccc23)c1. The van der Waals surface area contributed by atoms with Crippen LogP contribution in [0.3, 0.4) is 0 Å². The molecule has 2 aliphatic carbocycles. The molecule has 2 aliphatic rings. The molecule has 0 amide bonds. The molecule has 1 atom stereocenters. The van der Waals surface area contributed by atoms with Crippen LogP contribution in [0.15, 0.2) is 158 Å². The van der Waals surface area contributed by atoms with Gasteiger partial charge in [0.1, 0.15) is 0 Å². The summed E-state index contributed by atoms with van der Waals surface area (Å²) in [7, 11) is 2.24. The molecule has 0 saturated carbocycles. The Bertz CT molecular complexity index is 2880. The molecule has 51 heavy (non-hydrogen) atoms. The molecule has 240 valence electrons. The minimum Gasteiger partial charge on any atom is -0.343 e. The molecule has 1 unspecified atom stereocenters. The number of rotatable bonds is 2. The van der Waals surface area contributed by atoms with E-state index in [1.807, 2.05) is 0 Å². The Morgan fingerprint density at radius 1 is 0.412 bits per heavy atom. The summed E-state index contributed by atoms with van der Waals surface area (Å²) in [5.41, 5.74) is 19.5. The van der Waals surface area contributed by atoms with Crippen LogP contribution in [-0.2, 0) is 12.5 Å². The number of hydrogen-bond donors (Lipinski definition) is 0. The summed E-state index contributed by atoms with van der Waals surface area (Å²) >= 11 is 0. The minimum atomic E-state index is -0.431. The van der Waals surface area contributed by atoms with Crippen molar-refractivity contribution >= 4 is 32.4 Å². The number of fused-ring (bicyclic) bond motifs is 14. The summed E-state index contributed by atoms with van der Waals surface area (Å²) in [6, 6.07) is 59.6. The molecule has 0 bridgehead atoms. The molecular weight excluding hydrogens is 615 g/mol. The van der Waals surface area contributed by atoms with Crippen LogP contribution in [0.1, 0.15) is 33.4 Å². The fourth-order valence-corrected chi connectivity index (χ4v) is 10.2. The highest BCUT2D eigenvalue weighted by Gasteiger charge is 2.54. The smallest absolute Gasteiger partial charge is 0.0747 e. The third-order valence-corrected chi connectivity index (χ3v) is 11.8. The number of nitrogens with zero attached hydrogens (tertiary/aromatic N) is 1. The second-order valence-electron chi connectivity index (χ2n) is 14.6. The van der Waals surface area contributed by atoms with E-state index in [0.29, 0.717) is 0 Å². The first-order chi connectivity index (χ1) is 25.1. The highest BCUT2D eigenvalue weighted by atomic mass is 15.0. The standard InChI is InChI=1S/C50H35N/c1-30-27-31(2)29-32(28-30)45-33-15-4-6-17-35(33)46(36-18-7-5-16-34(36)45)40-22-14-25-43-47(40)37-19-8-11-23-41(37)50(43)42-24-12-9-20-38(42)49-48(50)39-21-10-13-26-44(39)51(49)3/h4-29H,1-3H3. The van der Waals surface area contributed by atoms with Gasteiger partial charge in [-0.05, 0) is 91.5 Å². The van der Waals surface area contributed by atoms with Crippen LogP contribution in [-0.4, -0.2) is 4.57 Å². The van der Waals surface area contributed by atoms with E-state index in [1.54, 1.807) is 0 Å². The Hall–Kier alpha value is -6.18. The Morgan fingerprint density at radius 3 is 1.57 bits per heavy atom. The molecule has 1 spiro atoms. The molecular formula is C50H35N. The van der Waals surface area contributed by atoms with Crippen molar-refractivity contribution in [2.75, 3.05) is 0 Å². The average Bonchev–Trinajstić information content (AvgIpc) is 3.75. The normalized spacial score (nSPS) is 15.4. The highest BCUT2D eigenvalue weighted by Crippen LogP contribution is 2.66. The first kappa shape index (κ1) is 28.6. The van der Waals surface area contributed by atoms with E-state index in [9.17, 15) is 0 Å². The van der Waals surface area contributed by atoms with E-state index in [1.165, 1.54) is 110 Å². The van der Waals surface area contributed by atoms with Crippen LogP contribution in [0, 0.1) is 13.8 Å². The van der Waals surface area contributed by atoms with Gasteiger partial charge in [0.2, 0.25) is 0 Å². The Kier molecular flexibility index (Phi) is 5.72. The van der Waals surface area contributed by atoms with Gasteiger partial charge in [0.25, 0.3) is 0 Å². The van der Waals surface area contributed by atoms with Gasteiger partial charge >= 0.3 is 0 Å². The van der Waals surface area contributed by atoms with Gasteiger partial charge in [-0.15, -0.1) is 0 Å². The van der Waals surface area contributed by atoms with E-state index in [-0.39, 0.29) is 0 Å². The molecule has 1 heterocycles. The lowest BCUT2D eigenvalue weighted by Crippen LogP contribution is -2.25. The number of benzene rings is 8. The highest BCUT2D eigenvalue weighted by molar-refractivity contribution is 6.23. The van der Waals surface area contributed by atoms with Gasteiger partial charge in [-0.3, -0.25) is 0 Å². The molecule has 0 aliphatic heterocycles. The van der Waals surface area contributed by atoms with E-state index < -0.39 is 5.41 Å². The van der Waals surface area contributed by atoms with Gasteiger partial charge in [-0.25, -0.2) is 0 Å². The predicted molar refractivity (Wildman–Crippen MR) is 215 cm³/mol. The second kappa shape index (κ2) is 10.2. The molecule has 11 rings (SSSR count). The Morgan fingerprint density at radius 2 is 0.902 bits per heavy atom. The molecule has 1 nitrogen and oxygen atoms in total. The van der Waals surface area contributed by atoms with Crippen molar-refractivity contribution in [2.24, 2.45) is 7.05 Å². The van der Waals surface area contributed by atoms with Crippen LogP contribution < -0.4 is 0 Å². The van der Waals surface area contributed by atoms with Crippen molar-refractivity contribution in [3.63, 3.8) is 0 Å². The first-order valence-corrected chi connectivity index (χ1v) is 18.0. The van der Waals surface area contributed by atoms with Gasteiger partial charge in [0, 0.05) is 29.1 Å². The van der Waals surface area contributed by atoms with Crippen LogP contribution in [0.4, 0.5) is 0 Å². The zero-order valence-corrected chi connectivity index (χ0v) is 29.0. The summed E-state index contributed by atoms with van der Waals surface area (Å²) < 4.78 is 2.43. The topological polar surface area (TPSA) is 4.93 Å². The van der Waals surface area contributed by atoms with Crippen molar-refractivity contribution < 1.29 is 0 Å². The van der Waals surface area contributed by atoms with E-state index in [0.717, 1.165) is 0 Å². The van der Waals surface area contributed by atoms with Gasteiger partial charge < -0.3 is 4.57 Å². The summed E-state index contributed by atoms with van der Waals surface area (Å²) in [5.74, 6) is 0. The van der Waals surface area contributed by atoms with Gasteiger partial charge in [-0.2, -0.15) is 0 Å². The van der Waals surface area contributed by atoms with Crippen LogP contribution in [0.2, 0.25) is 0 Å². The molecule has 0 radical (unpaired) electrons. The fraction of sp³-hybridized carbons (Fsp3) is 0.0800. The molecule has 0 saturated heterocycles. The van der Waals surface area contributed by atoms with E-state index in [4.69, 9.17) is 0 Å². The lowest BCUT2D eigenvalue weighted by atomic mass is 9.70. The van der Waals surface area contributed by atoms with Crippen LogP contribution in [0.5, 0.6) is 0 Å². The van der Waals surface area contributed by atoms with Gasteiger partial charge in [-0.1, -0.05) is 163 Å². The Labute approximate surface area is 298 Å². The van der Waals surface area contributed by atoms with E-state index >= 15 is 0 Å². The molecule has 0 fully saturated rings. The maximum absolute atomic E-state index is 2.43. The third kappa shape index (κ3) is 3.56. The minimum absolute atomic E-state index is 0.431. The first-order valence-electron chi connectivity index (χ1n) is 18.0. The Balaban J connectivity index is 1.31. The van der Waals surface area contributed by atoms with Gasteiger partial charge in [0.05, 0.1) is 11.1 Å². The molecule has 1 heteroatoms. The lowest BCUT2D eigenvalue weighted by molar-refractivity contribution is 0.800. The summed E-state index contributed by atoms with van der Waals surface area (Å²) in [4.78, 5) is 0. The van der Waals surface area contributed by atoms with Crippen molar-refractivity contribution in [2.45, 2.75) is 19.3 Å². The van der Waals surface area contributed by atoms with E-state index in [2.05, 4.69) is 183 Å². The fourth-order valence-electron chi connectivity index (χ4n) is 10.2.